The van der Waals surface area contributed by atoms with Crippen LogP contribution in [0, 0.1) is 0 Å². The summed E-state index contributed by atoms with van der Waals surface area (Å²) >= 11 is 0. The maximum absolute atomic E-state index is 10.2. The van der Waals surface area contributed by atoms with Crippen LogP contribution in [0.4, 0.5) is 0 Å². The van der Waals surface area contributed by atoms with E-state index in [1.165, 1.54) is 13.8 Å². The zero-order valence-electron chi connectivity index (χ0n) is 6.59. The van der Waals surface area contributed by atoms with Crippen molar-refractivity contribution in [3.05, 3.63) is 5.53 Å². The van der Waals surface area contributed by atoms with Gasteiger partial charge in [-0.05, 0) is 13.8 Å². The monoisotopic (exact) mass is 191 g/mol. The minimum absolute atomic E-state index is 0.249. The van der Waals surface area contributed by atoms with Gasteiger partial charge < -0.3 is 5.53 Å². The molecule has 0 aliphatic rings. The Bertz CT molecular complexity index is 256. The lowest BCUT2D eigenvalue weighted by molar-refractivity contribution is -0.109. The molecule has 0 bridgehead atoms. The normalized spacial score (nSPS) is 11.8. The molecule has 0 spiro atoms. The lowest BCUT2D eigenvalue weighted by Gasteiger charge is -2.06. The zero-order valence-corrected chi connectivity index (χ0v) is 7.49. The molecule has 0 aliphatic carbocycles. The fraction of sp³-hybridized carbons (Fsp3) is 0.600. The molecule has 0 heterocycles. The van der Waals surface area contributed by atoms with Gasteiger partial charge in [-0.2, -0.15) is 4.79 Å². The molecular weight excluding hydrogens is 183 g/mol. The van der Waals surface area contributed by atoms with E-state index in [9.17, 15) is 9.36 Å². The highest BCUT2D eigenvalue weighted by atomic mass is 31.1. The van der Waals surface area contributed by atoms with Crippen LogP contribution in [0.2, 0.25) is 0 Å². The predicted octanol–water partition coefficient (Wildman–Crippen LogP) is 0.301. The van der Waals surface area contributed by atoms with Crippen LogP contribution in [0.3, 0.4) is 0 Å². The highest BCUT2D eigenvalue weighted by Gasteiger charge is 2.42. The second kappa shape index (κ2) is 4.18. The number of carbonyl (C=O) groups excluding carboxylic acids is 1. The van der Waals surface area contributed by atoms with Crippen molar-refractivity contribution < 1.29 is 23.6 Å². The highest BCUT2D eigenvalue weighted by molar-refractivity contribution is 7.32. The van der Waals surface area contributed by atoms with Crippen molar-refractivity contribution in [1.82, 2.24) is 0 Å². The second-order valence-corrected chi connectivity index (χ2v) is 3.10. The molecule has 6 nitrogen and oxygen atoms in total. The number of aldehydes is 1. The van der Waals surface area contributed by atoms with E-state index in [0.29, 0.717) is 0 Å². The molecule has 0 aliphatic heterocycles. The number of nitrogens with zero attached hydrogens (tertiary/aromatic N) is 2. The van der Waals surface area contributed by atoms with Crippen molar-refractivity contribution in [2.45, 2.75) is 19.4 Å². The second-order valence-electron chi connectivity index (χ2n) is 2.44. The van der Waals surface area contributed by atoms with Crippen LogP contribution in [0.1, 0.15) is 13.8 Å². The first kappa shape index (κ1) is 11.1. The van der Waals surface area contributed by atoms with Crippen molar-refractivity contribution in [1.29, 1.82) is 0 Å². The minimum atomic E-state index is -2.83. The third kappa shape index (κ3) is 2.98. The van der Waals surface area contributed by atoms with E-state index >= 15 is 0 Å². The van der Waals surface area contributed by atoms with Crippen molar-refractivity contribution in [2.75, 3.05) is 0 Å². The van der Waals surface area contributed by atoms with Gasteiger partial charge in [0, 0.05) is 4.57 Å². The van der Waals surface area contributed by atoms with E-state index in [1.54, 1.807) is 0 Å². The summed E-state index contributed by atoms with van der Waals surface area (Å²) in [5.74, 6) is 0. The van der Waals surface area contributed by atoms with E-state index < -0.39 is 13.9 Å². The molecule has 1 atom stereocenters. The van der Waals surface area contributed by atoms with Crippen LogP contribution < -0.4 is 0 Å². The summed E-state index contributed by atoms with van der Waals surface area (Å²) in [7, 11) is -2.83. The van der Waals surface area contributed by atoms with Gasteiger partial charge >= 0.3 is 14.0 Å². The molecule has 0 radical (unpaired) electrons. The SMILES string of the molecule is CC(C)(O[P+](=O)O)C(C=O)=[N+]=[N-]. The fourth-order valence-electron chi connectivity index (χ4n) is 0.528. The Balaban J connectivity index is 4.70. The number of carbonyl (C=O) groups is 1. The van der Waals surface area contributed by atoms with Gasteiger partial charge in [-0.15, -0.1) is 9.42 Å². The van der Waals surface area contributed by atoms with E-state index in [0.717, 1.165) is 0 Å². The molecule has 0 fully saturated rings. The molecule has 7 heteroatoms. The summed E-state index contributed by atoms with van der Waals surface area (Å²) in [5.41, 5.74) is 6.57. The summed E-state index contributed by atoms with van der Waals surface area (Å²) in [5, 5.41) is 0. The van der Waals surface area contributed by atoms with Gasteiger partial charge in [0.25, 0.3) is 0 Å². The van der Waals surface area contributed by atoms with Gasteiger partial charge in [-0.25, -0.2) is 0 Å². The number of hydrogen-bond donors (Lipinski definition) is 1. The standard InChI is InChI=1S/C5H7N2O4P/c1-5(2,11-12(9)10)4(3-8)7-6/h3H,1-2H3/p+1. The highest BCUT2D eigenvalue weighted by Crippen LogP contribution is 2.25. The lowest BCUT2D eigenvalue weighted by atomic mass is 10.1. The summed E-state index contributed by atoms with van der Waals surface area (Å²) in [6.45, 7) is 2.67. The Morgan fingerprint density at radius 2 is 2.25 bits per heavy atom. The van der Waals surface area contributed by atoms with Gasteiger partial charge in [0.05, 0.1) is 0 Å². The molecule has 12 heavy (non-hydrogen) atoms. The molecular formula is C5H8N2O4P+. The maximum Gasteiger partial charge on any atom is 0.695 e. The third-order valence-corrected chi connectivity index (χ3v) is 1.76. The predicted molar refractivity (Wildman–Crippen MR) is 39.7 cm³/mol. The Kier molecular flexibility index (Phi) is 3.86. The lowest BCUT2D eigenvalue weighted by Crippen LogP contribution is -2.34. The van der Waals surface area contributed by atoms with Gasteiger partial charge in [-0.3, -0.25) is 4.79 Å². The molecule has 0 aromatic carbocycles. The first-order valence-electron chi connectivity index (χ1n) is 2.97. The van der Waals surface area contributed by atoms with Gasteiger partial charge in [0.15, 0.2) is 0 Å². The summed E-state index contributed by atoms with van der Waals surface area (Å²) < 4.78 is 14.6. The number of rotatable bonds is 4. The molecule has 0 aromatic heterocycles. The largest absolute Gasteiger partial charge is 0.695 e. The fourth-order valence-corrected chi connectivity index (χ4v) is 1.01. The van der Waals surface area contributed by atoms with E-state index in [1.807, 2.05) is 0 Å². The Labute approximate surface area is 69.7 Å². The van der Waals surface area contributed by atoms with Crippen LogP contribution in [-0.4, -0.2) is 27.3 Å². The van der Waals surface area contributed by atoms with Crippen molar-refractivity contribution >= 4 is 20.3 Å². The smallest absolute Gasteiger partial charge is 0.361 e. The average molecular weight is 191 g/mol. The van der Waals surface area contributed by atoms with Gasteiger partial charge in [0.1, 0.15) is 0 Å². The third-order valence-electron chi connectivity index (χ3n) is 1.14. The van der Waals surface area contributed by atoms with Crippen molar-refractivity contribution in [2.24, 2.45) is 0 Å². The van der Waals surface area contributed by atoms with Crippen molar-refractivity contribution in [3.63, 3.8) is 0 Å². The Morgan fingerprint density at radius 1 is 1.75 bits per heavy atom. The van der Waals surface area contributed by atoms with Gasteiger partial charge in [-0.1, -0.05) is 0 Å². The Morgan fingerprint density at radius 3 is 2.50 bits per heavy atom. The summed E-state index contributed by atoms with van der Waals surface area (Å²) in [6, 6.07) is 0. The summed E-state index contributed by atoms with van der Waals surface area (Å²) in [6.07, 6.45) is 0.249. The summed E-state index contributed by atoms with van der Waals surface area (Å²) in [4.78, 5) is 21.2. The van der Waals surface area contributed by atoms with E-state index in [2.05, 4.69) is 9.31 Å². The molecule has 66 valence electrons. The molecule has 0 rings (SSSR count). The molecule has 0 amide bonds. The van der Waals surface area contributed by atoms with Crippen LogP contribution >= 0.6 is 8.25 Å². The quantitative estimate of drug-likeness (QED) is 0.227. The minimum Gasteiger partial charge on any atom is -0.361 e. The molecule has 1 unspecified atom stereocenters. The van der Waals surface area contributed by atoms with Crippen LogP contribution in [0.5, 0.6) is 0 Å². The van der Waals surface area contributed by atoms with Crippen LogP contribution in [0.25, 0.3) is 5.53 Å². The first-order valence-corrected chi connectivity index (χ1v) is 4.10. The topological polar surface area (TPSA) is 100 Å². The average Bonchev–Trinajstić information content (AvgIpc) is 1.85. The van der Waals surface area contributed by atoms with E-state index in [-0.39, 0.29) is 12.0 Å². The molecule has 1 N–H and O–H groups in total. The molecule has 0 aromatic rings. The van der Waals surface area contributed by atoms with Crippen LogP contribution in [0.15, 0.2) is 0 Å². The van der Waals surface area contributed by atoms with Gasteiger partial charge in [0.2, 0.25) is 11.9 Å². The van der Waals surface area contributed by atoms with Crippen molar-refractivity contribution in [3.8, 4) is 0 Å². The molecule has 0 saturated carbocycles. The first-order chi connectivity index (χ1) is 5.44. The number of hydrogen-bond acceptors (Lipinski definition) is 3. The molecule has 0 saturated heterocycles. The van der Waals surface area contributed by atoms with E-state index in [4.69, 9.17) is 10.4 Å². The zero-order chi connectivity index (χ0) is 9.78. The maximum atomic E-state index is 10.2. The Hall–Kier alpha value is -0.930. The van der Waals surface area contributed by atoms with Crippen LogP contribution in [-0.2, 0) is 13.9 Å².